The Bertz CT molecular complexity index is 1040. The summed E-state index contributed by atoms with van der Waals surface area (Å²) in [5.74, 6) is -0.148. The molecule has 6 nitrogen and oxygen atoms in total. The molecule has 36 heavy (non-hydrogen) atoms. The second kappa shape index (κ2) is 12.9. The predicted octanol–water partition coefficient (Wildman–Crippen LogP) is 5.15. The first-order chi connectivity index (χ1) is 17.2. The Kier molecular flexibility index (Phi) is 9.90. The Hall–Kier alpha value is -2.90. The fourth-order valence-corrected chi connectivity index (χ4v) is 5.41. The third-order valence-electron chi connectivity index (χ3n) is 6.59. The van der Waals surface area contributed by atoms with Gasteiger partial charge < -0.3 is 15.1 Å². The van der Waals surface area contributed by atoms with E-state index in [4.69, 9.17) is 5.41 Å². The molecule has 7 heteroatoms. The molecule has 0 bridgehead atoms. The second-order valence-corrected chi connectivity index (χ2v) is 10.8. The summed E-state index contributed by atoms with van der Waals surface area (Å²) >= 11 is 1.27. The third kappa shape index (κ3) is 7.55. The molecule has 0 radical (unpaired) electrons. The zero-order chi connectivity index (χ0) is 26.1. The van der Waals surface area contributed by atoms with E-state index < -0.39 is 5.54 Å². The van der Waals surface area contributed by atoms with E-state index in [0.717, 1.165) is 44.6 Å². The third-order valence-corrected chi connectivity index (χ3v) is 7.33. The van der Waals surface area contributed by atoms with E-state index in [-0.39, 0.29) is 11.8 Å². The highest BCUT2D eigenvalue weighted by Gasteiger charge is 2.31. The molecule has 0 saturated carbocycles. The number of thioether (sulfide) groups is 1. The predicted molar refractivity (Wildman–Crippen MR) is 150 cm³/mol. The van der Waals surface area contributed by atoms with Crippen molar-refractivity contribution in [2.45, 2.75) is 51.1 Å². The molecule has 2 fully saturated rings. The summed E-state index contributed by atoms with van der Waals surface area (Å²) in [5.41, 5.74) is 1.26. The number of allylic oxidation sites excluding steroid dienone is 2. The topological polar surface area (TPSA) is 76.5 Å². The molecule has 0 aromatic heterocycles. The van der Waals surface area contributed by atoms with Crippen molar-refractivity contribution < 1.29 is 9.59 Å². The van der Waals surface area contributed by atoms with Gasteiger partial charge in [-0.2, -0.15) is 0 Å². The molecule has 0 spiro atoms. The van der Waals surface area contributed by atoms with Crippen LogP contribution in [0.15, 0.2) is 72.7 Å². The molecule has 2 heterocycles. The van der Waals surface area contributed by atoms with Crippen molar-refractivity contribution >= 4 is 28.6 Å². The largest absolute Gasteiger partial charge is 0.344 e. The van der Waals surface area contributed by atoms with Gasteiger partial charge in [0.15, 0.2) is 0 Å². The van der Waals surface area contributed by atoms with Crippen molar-refractivity contribution in [1.82, 2.24) is 15.1 Å². The molecule has 3 rings (SSSR count). The number of hydrogen-bond acceptors (Lipinski definition) is 5. The molecule has 0 unspecified atom stereocenters. The summed E-state index contributed by atoms with van der Waals surface area (Å²) < 4.78 is 0. The van der Waals surface area contributed by atoms with Gasteiger partial charge in [0.2, 0.25) is 0 Å². The van der Waals surface area contributed by atoms with Crippen LogP contribution >= 0.6 is 11.8 Å². The molecule has 1 aromatic rings. The van der Waals surface area contributed by atoms with E-state index in [1.54, 1.807) is 17.6 Å². The molecule has 2 aliphatic rings. The summed E-state index contributed by atoms with van der Waals surface area (Å²) in [6, 6.07) is 7.63. The number of rotatable bonds is 10. The van der Waals surface area contributed by atoms with Gasteiger partial charge >= 0.3 is 0 Å². The lowest BCUT2D eigenvalue weighted by Crippen LogP contribution is -2.42. The quantitative estimate of drug-likeness (QED) is 0.199. The smallest absolute Gasteiger partial charge is 0.254 e. The molecule has 1 aromatic carbocycles. The van der Waals surface area contributed by atoms with Gasteiger partial charge in [0.1, 0.15) is 0 Å². The molecule has 2 amide bonds. The summed E-state index contributed by atoms with van der Waals surface area (Å²) in [6.07, 6.45) is 11.2. The summed E-state index contributed by atoms with van der Waals surface area (Å²) in [4.78, 5) is 30.1. The van der Waals surface area contributed by atoms with Crippen molar-refractivity contribution in [3.63, 3.8) is 0 Å². The lowest BCUT2D eigenvalue weighted by molar-refractivity contribution is -0.118. The zero-order valence-electron chi connectivity index (χ0n) is 21.5. The molecule has 2 aliphatic heterocycles. The van der Waals surface area contributed by atoms with E-state index in [9.17, 15) is 9.59 Å². The monoisotopic (exact) mass is 506 g/mol. The molecule has 2 saturated heterocycles. The fourth-order valence-electron chi connectivity index (χ4n) is 4.60. The fraction of sp³-hybridized carbons (Fsp3) is 0.414. The van der Waals surface area contributed by atoms with Crippen LogP contribution in [0, 0.1) is 5.41 Å². The van der Waals surface area contributed by atoms with Crippen LogP contribution in [0.25, 0.3) is 0 Å². The number of likely N-dealkylation sites (tertiary alicyclic amines) is 2. The van der Waals surface area contributed by atoms with E-state index in [0.29, 0.717) is 22.2 Å². The number of nitrogens with zero attached hydrogens (tertiary/aromatic N) is 2. The second-order valence-electron chi connectivity index (χ2n) is 9.87. The van der Waals surface area contributed by atoms with Crippen LogP contribution in [-0.2, 0) is 4.79 Å². The average molecular weight is 507 g/mol. The number of amides is 2. The van der Waals surface area contributed by atoms with Crippen molar-refractivity contribution in [3.8, 4) is 0 Å². The van der Waals surface area contributed by atoms with Crippen LogP contribution in [0.2, 0.25) is 0 Å². The Labute approximate surface area is 219 Å². The van der Waals surface area contributed by atoms with Crippen LogP contribution in [0.3, 0.4) is 0 Å². The van der Waals surface area contributed by atoms with Gasteiger partial charge in [0.05, 0.1) is 10.6 Å². The number of carbonyl (C=O) groups excluding carboxylic acids is 2. The van der Waals surface area contributed by atoms with Crippen molar-refractivity contribution in [2.75, 3.05) is 26.2 Å². The zero-order valence-corrected chi connectivity index (χ0v) is 22.3. The van der Waals surface area contributed by atoms with Gasteiger partial charge in [0, 0.05) is 35.8 Å². The highest BCUT2D eigenvalue weighted by Crippen LogP contribution is 2.23. The van der Waals surface area contributed by atoms with Gasteiger partial charge in [-0.1, -0.05) is 61.4 Å². The van der Waals surface area contributed by atoms with Gasteiger partial charge in [-0.3, -0.25) is 15.0 Å². The highest BCUT2D eigenvalue weighted by molar-refractivity contribution is 8.16. The maximum atomic E-state index is 13.2. The van der Waals surface area contributed by atoms with E-state index in [2.05, 4.69) is 23.4 Å². The lowest BCUT2D eigenvalue weighted by Gasteiger charge is -2.28. The maximum Gasteiger partial charge on any atom is 0.254 e. The summed E-state index contributed by atoms with van der Waals surface area (Å²) in [6.45, 7) is 15.1. The average Bonchev–Trinajstić information content (AvgIpc) is 3.54. The van der Waals surface area contributed by atoms with Crippen LogP contribution in [0.1, 0.15) is 55.5 Å². The van der Waals surface area contributed by atoms with Gasteiger partial charge in [-0.15, -0.1) is 0 Å². The maximum absolute atomic E-state index is 13.2. The van der Waals surface area contributed by atoms with E-state index >= 15 is 0 Å². The number of hydrogen-bond donors (Lipinski definition) is 2. The number of benzene rings is 1. The molecular weight excluding hydrogens is 468 g/mol. The van der Waals surface area contributed by atoms with Gasteiger partial charge in [-0.25, -0.2) is 0 Å². The van der Waals surface area contributed by atoms with E-state index in [1.165, 1.54) is 30.7 Å². The first-order valence-corrected chi connectivity index (χ1v) is 13.5. The number of nitrogens with one attached hydrogen (secondary N) is 2. The molecule has 2 N–H and O–H groups in total. The Balaban J connectivity index is 1.55. The number of carbonyl (C=O) groups is 2. The first kappa shape index (κ1) is 27.7. The summed E-state index contributed by atoms with van der Waals surface area (Å²) in [7, 11) is 0. The summed E-state index contributed by atoms with van der Waals surface area (Å²) in [5, 5.41) is 13.5. The lowest BCUT2D eigenvalue weighted by atomic mass is 10.1. The van der Waals surface area contributed by atoms with E-state index in [1.807, 2.05) is 49.1 Å². The Morgan fingerprint density at radius 1 is 1.11 bits per heavy atom. The van der Waals surface area contributed by atoms with Gasteiger partial charge in [-0.05, 0) is 70.2 Å². The molecule has 0 aliphatic carbocycles. The first-order valence-electron chi connectivity index (χ1n) is 12.6. The Morgan fingerprint density at radius 2 is 1.78 bits per heavy atom. The van der Waals surface area contributed by atoms with Gasteiger partial charge in [0.25, 0.3) is 11.8 Å². The Morgan fingerprint density at radius 3 is 2.42 bits per heavy atom. The minimum absolute atomic E-state index is 0.0872. The van der Waals surface area contributed by atoms with Crippen molar-refractivity contribution in [2.24, 2.45) is 0 Å². The highest BCUT2D eigenvalue weighted by atomic mass is 32.2. The standard InChI is InChI=1S/C29H38N4O2S/c1-5-10-22(6-2)27(34)31-29(3,4)16-20-36-26(30)23-12-14-24(15-13-23)28(35)33-19-9-11-25(33)21-32-17-7-8-18-32/h5-6,10,12-16,20,25,30H,1-2,7-9,11,17-19,21H2,3-4H3,(H,31,34)/b20-16+,22-10+,30-26?/t25-/m0/s1. The normalized spacial score (nSPS) is 19.0. The SMILES string of the molecule is C=C/C=C(\C=C)C(=O)NC(C)(C)/C=C/SC(=N)c1ccc(C(=O)N2CCC[C@H]2CN2CCCC2)cc1. The van der Waals surface area contributed by atoms with Crippen LogP contribution < -0.4 is 5.32 Å². The van der Waals surface area contributed by atoms with Crippen LogP contribution in [-0.4, -0.2) is 64.4 Å². The van der Waals surface area contributed by atoms with Crippen molar-refractivity contribution in [3.05, 3.63) is 83.8 Å². The molecule has 1 atom stereocenters. The van der Waals surface area contributed by atoms with Crippen LogP contribution in [0.4, 0.5) is 0 Å². The molecular formula is C29H38N4O2S. The van der Waals surface area contributed by atoms with Crippen LogP contribution in [0.5, 0.6) is 0 Å². The molecule has 192 valence electrons. The minimum Gasteiger partial charge on any atom is -0.344 e. The van der Waals surface area contributed by atoms with Crippen molar-refractivity contribution in [1.29, 1.82) is 5.41 Å². The minimum atomic E-state index is -0.606.